The number of nitrogens with zero attached hydrogens (tertiary/aromatic N) is 1. The van der Waals surface area contributed by atoms with Crippen LogP contribution in [0, 0.1) is 0 Å². The molecular formula is C25H51NO8P+. The van der Waals surface area contributed by atoms with Crippen LogP contribution < -0.4 is 0 Å². The summed E-state index contributed by atoms with van der Waals surface area (Å²) in [5, 5.41) is 0. The standard InChI is InChI=1S/C25H50NO8P/c1-6-8-10-12-14-16-18-25(28)34-23(21-31-24(27)17-15-13-11-9-7-2)22-33-35(29,30)32-20-19-26(3,4)5/h23H,6-22H2,1-5H3/p+1. The Hall–Kier alpha value is -0.990. The fraction of sp³-hybridized carbons (Fsp3) is 0.920. The van der Waals surface area contributed by atoms with E-state index in [9.17, 15) is 19.0 Å². The lowest BCUT2D eigenvalue weighted by atomic mass is 10.1. The molecule has 0 saturated heterocycles. The van der Waals surface area contributed by atoms with E-state index in [-0.39, 0.29) is 32.0 Å². The summed E-state index contributed by atoms with van der Waals surface area (Å²) in [6, 6.07) is 0. The molecule has 0 heterocycles. The average molecular weight is 525 g/mol. The van der Waals surface area contributed by atoms with Gasteiger partial charge in [0.05, 0.1) is 27.7 Å². The Labute approximate surface area is 213 Å². The Balaban J connectivity index is 4.62. The van der Waals surface area contributed by atoms with E-state index in [1.54, 1.807) is 0 Å². The average Bonchev–Trinajstić information content (AvgIpc) is 2.76. The first kappa shape index (κ1) is 34.0. The Bertz CT molecular complexity index is 609. The first-order valence-electron chi connectivity index (χ1n) is 13.3. The molecule has 0 aliphatic heterocycles. The lowest BCUT2D eigenvalue weighted by Crippen LogP contribution is -2.37. The van der Waals surface area contributed by atoms with Crippen molar-refractivity contribution in [2.45, 2.75) is 103 Å². The summed E-state index contributed by atoms with van der Waals surface area (Å²) in [5.74, 6) is -0.826. The van der Waals surface area contributed by atoms with Gasteiger partial charge in [-0.25, -0.2) is 4.57 Å². The highest BCUT2D eigenvalue weighted by atomic mass is 31.2. The first-order chi connectivity index (χ1) is 16.5. The van der Waals surface area contributed by atoms with Crippen LogP contribution in [-0.2, 0) is 32.7 Å². The number of unbranched alkanes of at least 4 members (excludes halogenated alkanes) is 9. The molecule has 0 bridgehead atoms. The highest BCUT2D eigenvalue weighted by Crippen LogP contribution is 2.43. The quantitative estimate of drug-likeness (QED) is 0.0820. The molecule has 0 rings (SSSR count). The van der Waals surface area contributed by atoms with Gasteiger partial charge in [0.25, 0.3) is 0 Å². The number of carbonyl (C=O) groups excluding carboxylic acids is 2. The van der Waals surface area contributed by atoms with Crippen LogP contribution in [0.2, 0.25) is 0 Å². The Kier molecular flexibility index (Phi) is 19.5. The molecule has 208 valence electrons. The van der Waals surface area contributed by atoms with E-state index in [0.717, 1.165) is 57.8 Å². The molecule has 0 aromatic carbocycles. The van der Waals surface area contributed by atoms with Crippen molar-refractivity contribution in [1.29, 1.82) is 0 Å². The molecule has 0 aromatic rings. The van der Waals surface area contributed by atoms with Gasteiger partial charge in [-0.1, -0.05) is 71.6 Å². The van der Waals surface area contributed by atoms with Crippen molar-refractivity contribution < 1.29 is 42.1 Å². The number of hydrogen-bond acceptors (Lipinski definition) is 7. The molecule has 0 fully saturated rings. The van der Waals surface area contributed by atoms with Crippen LogP contribution >= 0.6 is 7.82 Å². The van der Waals surface area contributed by atoms with Crippen LogP contribution in [0.25, 0.3) is 0 Å². The second-order valence-electron chi connectivity index (χ2n) is 10.1. The number of phosphoric ester groups is 1. The maximum atomic E-state index is 12.3. The molecule has 0 aliphatic rings. The van der Waals surface area contributed by atoms with Gasteiger partial charge in [-0.2, -0.15) is 0 Å². The Morgan fingerprint density at radius 1 is 0.771 bits per heavy atom. The minimum absolute atomic E-state index is 0.0345. The van der Waals surface area contributed by atoms with Gasteiger partial charge in [0.2, 0.25) is 0 Å². The summed E-state index contributed by atoms with van der Waals surface area (Å²) in [5.41, 5.74) is 0. The number of carbonyl (C=O) groups is 2. The first-order valence-corrected chi connectivity index (χ1v) is 14.8. The van der Waals surface area contributed by atoms with Crippen molar-refractivity contribution in [3.8, 4) is 0 Å². The van der Waals surface area contributed by atoms with Gasteiger partial charge in [-0.05, 0) is 12.8 Å². The monoisotopic (exact) mass is 524 g/mol. The maximum Gasteiger partial charge on any atom is 0.472 e. The van der Waals surface area contributed by atoms with Crippen LogP contribution in [0.5, 0.6) is 0 Å². The van der Waals surface area contributed by atoms with E-state index < -0.39 is 26.5 Å². The molecule has 2 atom stereocenters. The number of likely N-dealkylation sites (N-methyl/N-ethyl adjacent to an activating group) is 1. The van der Waals surface area contributed by atoms with Gasteiger partial charge >= 0.3 is 19.8 Å². The number of esters is 2. The van der Waals surface area contributed by atoms with Crippen molar-refractivity contribution in [2.75, 3.05) is 47.5 Å². The summed E-state index contributed by atoms with van der Waals surface area (Å²) < 4.78 is 33.5. The van der Waals surface area contributed by atoms with Gasteiger partial charge in [0.1, 0.15) is 19.8 Å². The zero-order valence-corrected chi connectivity index (χ0v) is 23.7. The van der Waals surface area contributed by atoms with E-state index in [0.29, 0.717) is 17.4 Å². The molecular weight excluding hydrogens is 473 g/mol. The molecule has 0 saturated carbocycles. The third-order valence-corrected chi connectivity index (χ3v) is 6.37. The summed E-state index contributed by atoms with van der Waals surface area (Å²) >= 11 is 0. The van der Waals surface area contributed by atoms with E-state index in [1.165, 1.54) is 6.42 Å². The van der Waals surface area contributed by atoms with Gasteiger partial charge in [0, 0.05) is 12.8 Å². The minimum atomic E-state index is -4.33. The van der Waals surface area contributed by atoms with E-state index in [2.05, 4.69) is 13.8 Å². The molecule has 35 heavy (non-hydrogen) atoms. The van der Waals surface area contributed by atoms with E-state index in [1.807, 2.05) is 21.1 Å². The van der Waals surface area contributed by atoms with Crippen LogP contribution in [0.3, 0.4) is 0 Å². The normalized spacial score (nSPS) is 14.3. The van der Waals surface area contributed by atoms with Crippen LogP contribution in [0.1, 0.15) is 97.3 Å². The van der Waals surface area contributed by atoms with Gasteiger partial charge < -0.3 is 18.9 Å². The third-order valence-electron chi connectivity index (χ3n) is 5.39. The molecule has 0 aliphatic carbocycles. The van der Waals surface area contributed by atoms with Crippen LogP contribution in [-0.4, -0.2) is 74.9 Å². The SMILES string of the molecule is CCCCCCCCC(=O)OC(COC(=O)CCCCCCC)COP(=O)(O)OCC[N+](C)(C)C. The zero-order chi connectivity index (χ0) is 26.6. The van der Waals surface area contributed by atoms with Crippen LogP contribution in [0.15, 0.2) is 0 Å². The van der Waals surface area contributed by atoms with Gasteiger partial charge in [-0.3, -0.25) is 18.6 Å². The maximum absolute atomic E-state index is 12.3. The molecule has 0 radical (unpaired) electrons. The highest BCUT2D eigenvalue weighted by molar-refractivity contribution is 7.47. The van der Waals surface area contributed by atoms with E-state index in [4.69, 9.17) is 18.5 Å². The number of phosphoric acid groups is 1. The van der Waals surface area contributed by atoms with E-state index >= 15 is 0 Å². The van der Waals surface area contributed by atoms with Gasteiger partial charge in [-0.15, -0.1) is 0 Å². The summed E-state index contributed by atoms with van der Waals surface area (Å²) in [6.45, 7) is 4.20. The largest absolute Gasteiger partial charge is 0.472 e. The smallest absolute Gasteiger partial charge is 0.462 e. The summed E-state index contributed by atoms with van der Waals surface area (Å²) in [6.07, 6.45) is 10.8. The molecule has 0 amide bonds. The lowest BCUT2D eigenvalue weighted by Gasteiger charge is -2.24. The number of ether oxygens (including phenoxy) is 2. The number of rotatable bonds is 23. The number of quaternary nitrogens is 1. The van der Waals surface area contributed by atoms with Crippen molar-refractivity contribution in [1.82, 2.24) is 0 Å². The molecule has 10 heteroatoms. The lowest BCUT2D eigenvalue weighted by molar-refractivity contribution is -0.870. The van der Waals surface area contributed by atoms with Crippen molar-refractivity contribution in [2.24, 2.45) is 0 Å². The topological polar surface area (TPSA) is 108 Å². The van der Waals surface area contributed by atoms with Crippen molar-refractivity contribution in [3.05, 3.63) is 0 Å². The molecule has 0 spiro atoms. The van der Waals surface area contributed by atoms with Crippen LogP contribution in [0.4, 0.5) is 0 Å². The van der Waals surface area contributed by atoms with Gasteiger partial charge in [0.15, 0.2) is 6.10 Å². The number of hydrogen-bond donors (Lipinski definition) is 1. The molecule has 1 N–H and O–H groups in total. The molecule has 2 unspecified atom stereocenters. The zero-order valence-electron chi connectivity index (χ0n) is 22.8. The Morgan fingerprint density at radius 2 is 1.29 bits per heavy atom. The summed E-state index contributed by atoms with van der Waals surface area (Å²) in [7, 11) is 1.47. The third kappa shape index (κ3) is 23.2. The highest BCUT2D eigenvalue weighted by Gasteiger charge is 2.27. The predicted molar refractivity (Wildman–Crippen MR) is 137 cm³/mol. The molecule has 0 aromatic heterocycles. The second kappa shape index (κ2) is 20.1. The van der Waals surface area contributed by atoms with Crippen molar-refractivity contribution >= 4 is 19.8 Å². The fourth-order valence-corrected chi connectivity index (χ4v) is 3.93. The second-order valence-corrected chi connectivity index (χ2v) is 11.5. The molecule has 9 nitrogen and oxygen atoms in total. The summed E-state index contributed by atoms with van der Waals surface area (Å²) in [4.78, 5) is 34.3. The minimum Gasteiger partial charge on any atom is -0.462 e. The van der Waals surface area contributed by atoms with Crippen molar-refractivity contribution in [3.63, 3.8) is 0 Å². The fourth-order valence-electron chi connectivity index (χ4n) is 3.19. The Morgan fingerprint density at radius 3 is 1.83 bits per heavy atom. The predicted octanol–water partition coefficient (Wildman–Crippen LogP) is 5.39.